The summed E-state index contributed by atoms with van der Waals surface area (Å²) in [5.41, 5.74) is 12.8. The van der Waals surface area contributed by atoms with Crippen LogP contribution in [0.4, 0.5) is 23.7 Å². The summed E-state index contributed by atoms with van der Waals surface area (Å²) in [5.74, 6) is -0.533. The Bertz CT molecular complexity index is 1340. The third kappa shape index (κ3) is 4.75. The van der Waals surface area contributed by atoms with Gasteiger partial charge >= 0.3 is 12.2 Å². The molecule has 0 fully saturated rings. The quantitative estimate of drug-likeness (QED) is 0.393. The number of nitrogens with one attached hydrogen (secondary N) is 1. The third-order valence-electron chi connectivity index (χ3n) is 5.06. The first-order valence-electron chi connectivity index (χ1n) is 9.96. The monoisotopic (exact) mass is 465 g/mol. The molecule has 0 aliphatic rings. The fraction of sp³-hybridized carbons (Fsp3) is 0.0417. The van der Waals surface area contributed by atoms with E-state index in [2.05, 4.69) is 10.4 Å². The van der Waals surface area contributed by atoms with E-state index in [0.717, 1.165) is 17.2 Å². The second-order valence-electron chi connectivity index (χ2n) is 7.38. The second kappa shape index (κ2) is 8.74. The highest BCUT2D eigenvalue weighted by atomic mass is 19.4. The number of hydrogen-bond donors (Lipinski definition) is 3. The first-order valence-corrected chi connectivity index (χ1v) is 9.96. The predicted octanol–water partition coefficient (Wildman–Crippen LogP) is 4.81. The van der Waals surface area contributed by atoms with E-state index in [0.29, 0.717) is 22.5 Å². The normalized spacial score (nSPS) is 11.3. The van der Waals surface area contributed by atoms with Gasteiger partial charge in [0.2, 0.25) is 5.91 Å². The lowest BCUT2D eigenvalue weighted by Gasteiger charge is -2.10. The SMILES string of the molecule is NC(=O)Nc1ccc(-n2nc(C(F)(F)F)cc2-c2ccc(-c3ccc(C(N)=O)cc3)cc2)cc1. The standard InChI is InChI=1S/C24H18F3N5O2/c25-24(26,27)21-13-20(32(31-21)19-11-9-18(10-12-19)30-23(29)34)16-5-1-14(2-6-16)15-3-7-17(8-4-15)22(28)33/h1-13H,(H2,28,33)(H3,29,30,34). The van der Waals surface area contributed by atoms with Crippen molar-refractivity contribution in [2.75, 3.05) is 5.32 Å². The molecule has 10 heteroatoms. The first kappa shape index (κ1) is 22.6. The topological polar surface area (TPSA) is 116 Å². The van der Waals surface area contributed by atoms with Gasteiger partial charge in [0, 0.05) is 16.8 Å². The van der Waals surface area contributed by atoms with Crippen molar-refractivity contribution in [3.8, 4) is 28.1 Å². The summed E-state index contributed by atoms with van der Waals surface area (Å²) < 4.78 is 41.5. The number of alkyl halides is 3. The van der Waals surface area contributed by atoms with Gasteiger partial charge in [-0.1, -0.05) is 36.4 Å². The van der Waals surface area contributed by atoms with Crippen molar-refractivity contribution in [1.29, 1.82) is 0 Å². The minimum absolute atomic E-state index is 0.235. The number of urea groups is 1. The molecule has 0 aliphatic heterocycles. The Kier molecular flexibility index (Phi) is 5.80. The molecule has 0 unspecified atom stereocenters. The van der Waals surface area contributed by atoms with Crippen LogP contribution in [0.2, 0.25) is 0 Å². The molecule has 3 amide bonds. The summed E-state index contributed by atoms with van der Waals surface area (Å²) >= 11 is 0. The summed E-state index contributed by atoms with van der Waals surface area (Å²) in [6.45, 7) is 0. The number of amides is 3. The van der Waals surface area contributed by atoms with Gasteiger partial charge in [0.15, 0.2) is 5.69 Å². The molecule has 4 rings (SSSR count). The molecule has 1 heterocycles. The largest absolute Gasteiger partial charge is 0.435 e. The Morgan fingerprint density at radius 2 is 1.32 bits per heavy atom. The average molecular weight is 465 g/mol. The van der Waals surface area contributed by atoms with Crippen LogP contribution >= 0.6 is 0 Å². The van der Waals surface area contributed by atoms with Crippen LogP contribution < -0.4 is 16.8 Å². The third-order valence-corrected chi connectivity index (χ3v) is 5.06. The number of benzene rings is 3. The van der Waals surface area contributed by atoms with Gasteiger partial charge in [-0.15, -0.1) is 0 Å². The van der Waals surface area contributed by atoms with Crippen molar-refractivity contribution in [3.63, 3.8) is 0 Å². The molecule has 0 saturated heterocycles. The number of anilines is 1. The molecule has 0 saturated carbocycles. The van der Waals surface area contributed by atoms with Crippen molar-refractivity contribution in [3.05, 3.63) is 90.1 Å². The average Bonchev–Trinajstić information content (AvgIpc) is 3.25. The van der Waals surface area contributed by atoms with Crippen LogP contribution in [0.15, 0.2) is 78.9 Å². The van der Waals surface area contributed by atoms with Crippen molar-refractivity contribution in [2.24, 2.45) is 11.5 Å². The van der Waals surface area contributed by atoms with E-state index in [1.54, 1.807) is 48.5 Å². The van der Waals surface area contributed by atoms with Crippen molar-refractivity contribution in [2.45, 2.75) is 6.18 Å². The zero-order chi connectivity index (χ0) is 24.5. The second-order valence-corrected chi connectivity index (χ2v) is 7.38. The van der Waals surface area contributed by atoms with E-state index in [1.807, 2.05) is 0 Å². The van der Waals surface area contributed by atoms with Crippen LogP contribution in [0.3, 0.4) is 0 Å². The molecule has 0 radical (unpaired) electrons. The molecular weight excluding hydrogens is 447 g/mol. The lowest BCUT2D eigenvalue weighted by molar-refractivity contribution is -0.141. The number of halogens is 3. The van der Waals surface area contributed by atoms with Crippen LogP contribution in [0.5, 0.6) is 0 Å². The lowest BCUT2D eigenvalue weighted by Crippen LogP contribution is -2.19. The molecule has 172 valence electrons. The van der Waals surface area contributed by atoms with E-state index >= 15 is 0 Å². The molecule has 0 spiro atoms. The molecule has 4 aromatic rings. The number of aromatic nitrogens is 2. The zero-order valence-corrected chi connectivity index (χ0v) is 17.5. The maximum Gasteiger partial charge on any atom is 0.435 e. The summed E-state index contributed by atoms with van der Waals surface area (Å²) in [5, 5.41) is 6.16. The highest BCUT2D eigenvalue weighted by Crippen LogP contribution is 2.34. The summed E-state index contributed by atoms with van der Waals surface area (Å²) in [6.07, 6.45) is -4.63. The molecule has 3 aromatic carbocycles. The molecule has 0 atom stereocenters. The van der Waals surface area contributed by atoms with Crippen molar-refractivity contribution >= 4 is 17.6 Å². The maximum absolute atomic E-state index is 13.4. The van der Waals surface area contributed by atoms with Gasteiger partial charge in [-0.25, -0.2) is 9.48 Å². The Labute approximate surface area is 191 Å². The number of hydrogen-bond acceptors (Lipinski definition) is 3. The van der Waals surface area contributed by atoms with Gasteiger partial charge in [-0.05, 0) is 53.6 Å². The molecule has 7 nitrogen and oxygen atoms in total. The fourth-order valence-electron chi connectivity index (χ4n) is 3.41. The summed E-state index contributed by atoms with van der Waals surface area (Å²) in [4.78, 5) is 22.2. The zero-order valence-electron chi connectivity index (χ0n) is 17.5. The van der Waals surface area contributed by atoms with E-state index in [-0.39, 0.29) is 5.69 Å². The predicted molar refractivity (Wildman–Crippen MR) is 121 cm³/mol. The summed E-state index contributed by atoms with van der Waals surface area (Å²) in [7, 11) is 0. The van der Waals surface area contributed by atoms with Gasteiger partial charge in [0.1, 0.15) is 0 Å². The number of nitrogens with two attached hydrogens (primary N) is 2. The maximum atomic E-state index is 13.4. The minimum atomic E-state index is -4.63. The molecule has 34 heavy (non-hydrogen) atoms. The van der Waals surface area contributed by atoms with Crippen molar-refractivity contribution in [1.82, 2.24) is 9.78 Å². The Balaban J connectivity index is 1.71. The molecule has 5 N–H and O–H groups in total. The van der Waals surface area contributed by atoms with E-state index in [1.165, 1.54) is 28.9 Å². The van der Waals surface area contributed by atoms with Crippen LogP contribution in [-0.4, -0.2) is 21.7 Å². The van der Waals surface area contributed by atoms with Crippen LogP contribution in [-0.2, 0) is 6.18 Å². The summed E-state index contributed by atoms with van der Waals surface area (Å²) in [6, 6.07) is 19.9. The van der Waals surface area contributed by atoms with Crippen molar-refractivity contribution < 1.29 is 22.8 Å². The Hall–Kier alpha value is -4.60. The van der Waals surface area contributed by atoms with Gasteiger partial charge in [0.25, 0.3) is 0 Å². The van der Waals surface area contributed by atoms with Gasteiger partial charge in [-0.2, -0.15) is 18.3 Å². The van der Waals surface area contributed by atoms with Crippen LogP contribution in [0, 0.1) is 0 Å². The fourth-order valence-corrected chi connectivity index (χ4v) is 3.41. The molecule has 0 bridgehead atoms. The van der Waals surface area contributed by atoms with Gasteiger partial charge in [0.05, 0.1) is 11.4 Å². The number of carbonyl (C=O) groups excluding carboxylic acids is 2. The molecule has 0 aliphatic carbocycles. The highest BCUT2D eigenvalue weighted by Gasteiger charge is 2.35. The molecular formula is C24H18F3N5O2. The molecule has 1 aromatic heterocycles. The Morgan fingerprint density at radius 3 is 1.82 bits per heavy atom. The first-order chi connectivity index (χ1) is 16.1. The van der Waals surface area contributed by atoms with E-state index in [9.17, 15) is 22.8 Å². The van der Waals surface area contributed by atoms with Gasteiger partial charge in [-0.3, -0.25) is 4.79 Å². The van der Waals surface area contributed by atoms with Gasteiger partial charge < -0.3 is 16.8 Å². The number of carbonyl (C=O) groups is 2. The van der Waals surface area contributed by atoms with E-state index < -0.39 is 23.8 Å². The Morgan fingerprint density at radius 1 is 0.794 bits per heavy atom. The smallest absolute Gasteiger partial charge is 0.366 e. The highest BCUT2D eigenvalue weighted by molar-refractivity contribution is 5.93. The number of rotatable bonds is 5. The lowest BCUT2D eigenvalue weighted by atomic mass is 10.0. The van der Waals surface area contributed by atoms with E-state index in [4.69, 9.17) is 11.5 Å². The number of primary amides is 2. The number of nitrogens with zero attached hydrogens (tertiary/aromatic N) is 2. The van der Waals surface area contributed by atoms with Crippen LogP contribution in [0.25, 0.3) is 28.1 Å². The van der Waals surface area contributed by atoms with Crippen LogP contribution in [0.1, 0.15) is 16.1 Å². The minimum Gasteiger partial charge on any atom is -0.366 e.